The summed E-state index contributed by atoms with van der Waals surface area (Å²) in [7, 11) is 1.85. The Labute approximate surface area is 127 Å². The highest BCUT2D eigenvalue weighted by Gasteiger charge is 2.33. The highest BCUT2D eigenvalue weighted by atomic mass is 16.2. The maximum absolute atomic E-state index is 12.7. The minimum Gasteiger partial charge on any atom is -0.390 e. The van der Waals surface area contributed by atoms with Gasteiger partial charge in [-0.1, -0.05) is 31.7 Å². The lowest BCUT2D eigenvalue weighted by Crippen LogP contribution is -2.39. The van der Waals surface area contributed by atoms with E-state index in [1.807, 2.05) is 30.2 Å². The molecular formula is C18H24N2O. The van der Waals surface area contributed by atoms with E-state index in [1.54, 1.807) is 0 Å². The summed E-state index contributed by atoms with van der Waals surface area (Å²) in [5.41, 5.74) is 4.12. The highest BCUT2D eigenvalue weighted by molar-refractivity contribution is 5.98. The van der Waals surface area contributed by atoms with E-state index in [0.29, 0.717) is 6.54 Å². The molecule has 0 bridgehead atoms. The zero-order chi connectivity index (χ0) is 15.4. The van der Waals surface area contributed by atoms with Gasteiger partial charge in [-0.25, -0.2) is 0 Å². The minimum atomic E-state index is 0.0120. The molecule has 3 nitrogen and oxygen atoms in total. The van der Waals surface area contributed by atoms with Crippen LogP contribution in [0, 0.1) is 0 Å². The molecule has 1 N–H and O–H groups in total. The molecular weight excluding hydrogens is 260 g/mol. The van der Waals surface area contributed by atoms with Crippen molar-refractivity contribution in [1.29, 1.82) is 0 Å². The predicted octanol–water partition coefficient (Wildman–Crippen LogP) is 3.27. The largest absolute Gasteiger partial charge is 0.390 e. The van der Waals surface area contributed by atoms with Gasteiger partial charge >= 0.3 is 0 Å². The number of rotatable bonds is 7. The second-order valence-corrected chi connectivity index (χ2v) is 5.44. The van der Waals surface area contributed by atoms with Crippen LogP contribution in [0.25, 0.3) is 0 Å². The number of nitrogens with one attached hydrogen (secondary N) is 1. The average molecular weight is 284 g/mol. The monoisotopic (exact) mass is 284 g/mol. The molecule has 1 atom stereocenters. The zero-order valence-corrected chi connectivity index (χ0v) is 13.0. The van der Waals surface area contributed by atoms with E-state index in [2.05, 4.69) is 31.5 Å². The van der Waals surface area contributed by atoms with Gasteiger partial charge in [-0.3, -0.25) is 4.79 Å². The molecule has 0 radical (unpaired) electrons. The molecule has 1 aromatic carbocycles. The first-order chi connectivity index (χ1) is 10.1. The van der Waals surface area contributed by atoms with Crippen molar-refractivity contribution in [2.24, 2.45) is 0 Å². The first kappa shape index (κ1) is 15.4. The molecule has 1 aliphatic rings. The van der Waals surface area contributed by atoms with Crippen LogP contribution in [0.2, 0.25) is 0 Å². The Balaban J connectivity index is 2.26. The lowest BCUT2D eigenvalue weighted by Gasteiger charge is -2.29. The van der Waals surface area contributed by atoms with Gasteiger partial charge in [-0.2, -0.15) is 0 Å². The van der Waals surface area contributed by atoms with Gasteiger partial charge in [0.1, 0.15) is 0 Å². The van der Waals surface area contributed by atoms with Gasteiger partial charge in [0.25, 0.3) is 5.91 Å². The number of hydrogen-bond acceptors (Lipinski definition) is 2. The summed E-state index contributed by atoms with van der Waals surface area (Å²) in [6, 6.07) is 6.17. The first-order valence-corrected chi connectivity index (χ1v) is 7.52. The molecule has 3 heteroatoms. The number of nitrogens with zero attached hydrogens (tertiary/aromatic N) is 1. The molecule has 0 saturated heterocycles. The summed E-state index contributed by atoms with van der Waals surface area (Å²) in [5.74, 6) is 0.109. The zero-order valence-electron chi connectivity index (χ0n) is 13.0. The van der Waals surface area contributed by atoms with Gasteiger partial charge in [0.15, 0.2) is 0 Å². The van der Waals surface area contributed by atoms with Crippen LogP contribution in [-0.4, -0.2) is 23.9 Å². The van der Waals surface area contributed by atoms with Crippen molar-refractivity contribution in [3.05, 3.63) is 59.8 Å². The van der Waals surface area contributed by atoms with Crippen LogP contribution < -0.4 is 5.32 Å². The Morgan fingerprint density at radius 1 is 1.52 bits per heavy atom. The fourth-order valence-corrected chi connectivity index (χ4v) is 2.83. The van der Waals surface area contributed by atoms with Crippen LogP contribution in [-0.2, 0) is 13.0 Å². The molecule has 1 aromatic rings. The summed E-state index contributed by atoms with van der Waals surface area (Å²) in [4.78, 5) is 14.6. The Morgan fingerprint density at radius 3 is 2.90 bits per heavy atom. The molecule has 1 heterocycles. The Hall–Kier alpha value is -2.03. The molecule has 0 aliphatic carbocycles. The van der Waals surface area contributed by atoms with Gasteiger partial charge in [-0.15, -0.1) is 6.58 Å². The van der Waals surface area contributed by atoms with Crippen molar-refractivity contribution in [3.8, 4) is 0 Å². The number of allylic oxidation sites excluding steroid dienone is 1. The van der Waals surface area contributed by atoms with E-state index in [4.69, 9.17) is 0 Å². The fraction of sp³-hybridized carbons (Fsp3) is 0.389. The first-order valence-electron chi connectivity index (χ1n) is 7.52. The lowest BCUT2D eigenvalue weighted by atomic mass is 10.0. The SMILES string of the molecule is C=CCCC(C(=C)NC)N1Cc2cc(CC)ccc2C1=O. The molecule has 21 heavy (non-hydrogen) atoms. The van der Waals surface area contributed by atoms with Crippen LogP contribution >= 0.6 is 0 Å². The van der Waals surface area contributed by atoms with Crippen molar-refractivity contribution in [1.82, 2.24) is 10.2 Å². The number of carbonyl (C=O) groups excluding carboxylic acids is 1. The lowest BCUT2D eigenvalue weighted by molar-refractivity contribution is 0.0719. The number of hydrogen-bond donors (Lipinski definition) is 1. The Bertz CT molecular complexity index is 562. The van der Waals surface area contributed by atoms with E-state index < -0.39 is 0 Å². The van der Waals surface area contributed by atoms with Crippen molar-refractivity contribution in [2.75, 3.05) is 7.05 Å². The third-order valence-electron chi connectivity index (χ3n) is 4.15. The predicted molar refractivity (Wildman–Crippen MR) is 87.1 cm³/mol. The molecule has 0 fully saturated rings. The van der Waals surface area contributed by atoms with Crippen molar-refractivity contribution in [2.45, 2.75) is 38.8 Å². The van der Waals surface area contributed by atoms with E-state index >= 15 is 0 Å². The maximum atomic E-state index is 12.7. The molecule has 1 aliphatic heterocycles. The molecule has 112 valence electrons. The topological polar surface area (TPSA) is 32.3 Å². The van der Waals surface area contributed by atoms with Gasteiger partial charge in [-0.05, 0) is 36.5 Å². The summed E-state index contributed by atoms with van der Waals surface area (Å²) >= 11 is 0. The summed E-state index contributed by atoms with van der Waals surface area (Å²) in [6.45, 7) is 10.6. The highest BCUT2D eigenvalue weighted by Crippen LogP contribution is 2.29. The van der Waals surface area contributed by atoms with E-state index in [0.717, 1.165) is 36.1 Å². The average Bonchev–Trinajstić information content (AvgIpc) is 2.83. The molecule has 0 spiro atoms. The van der Waals surface area contributed by atoms with Crippen LogP contribution in [0.15, 0.2) is 43.1 Å². The molecule has 2 rings (SSSR count). The van der Waals surface area contributed by atoms with Crippen LogP contribution in [0.4, 0.5) is 0 Å². The van der Waals surface area contributed by atoms with Gasteiger partial charge in [0, 0.05) is 24.9 Å². The third kappa shape index (κ3) is 3.02. The van der Waals surface area contributed by atoms with Crippen LogP contribution in [0.5, 0.6) is 0 Å². The second-order valence-electron chi connectivity index (χ2n) is 5.44. The smallest absolute Gasteiger partial charge is 0.255 e. The van der Waals surface area contributed by atoms with E-state index in [1.165, 1.54) is 5.56 Å². The fourth-order valence-electron chi connectivity index (χ4n) is 2.83. The summed E-state index contributed by atoms with van der Waals surface area (Å²) in [5, 5.41) is 3.10. The quantitative estimate of drug-likeness (QED) is 0.779. The van der Waals surface area contributed by atoms with Crippen molar-refractivity contribution in [3.63, 3.8) is 0 Å². The minimum absolute atomic E-state index is 0.0120. The van der Waals surface area contributed by atoms with Crippen molar-refractivity contribution < 1.29 is 4.79 Å². The number of amides is 1. The van der Waals surface area contributed by atoms with Crippen LogP contribution in [0.1, 0.15) is 41.3 Å². The molecule has 0 aromatic heterocycles. The third-order valence-corrected chi connectivity index (χ3v) is 4.15. The van der Waals surface area contributed by atoms with Gasteiger partial charge < -0.3 is 10.2 Å². The van der Waals surface area contributed by atoms with E-state index in [-0.39, 0.29) is 11.9 Å². The Kier molecular flexibility index (Phi) is 4.84. The molecule has 0 saturated carbocycles. The number of benzene rings is 1. The summed E-state index contributed by atoms with van der Waals surface area (Å²) < 4.78 is 0. The standard InChI is InChI=1S/C18H24N2O/c1-5-7-8-17(13(3)19-4)20-12-15-11-14(6-2)9-10-16(15)18(20)21/h5,9-11,17,19H,1,3,6-8,12H2,2,4H3. The van der Waals surface area contributed by atoms with Gasteiger partial charge in [0.2, 0.25) is 0 Å². The van der Waals surface area contributed by atoms with Gasteiger partial charge in [0.05, 0.1) is 6.04 Å². The van der Waals surface area contributed by atoms with Crippen LogP contribution in [0.3, 0.4) is 0 Å². The van der Waals surface area contributed by atoms with E-state index in [9.17, 15) is 4.79 Å². The number of carbonyl (C=O) groups is 1. The molecule has 1 amide bonds. The second kappa shape index (κ2) is 6.61. The molecule has 1 unspecified atom stereocenters. The number of likely N-dealkylation sites (N-methyl/N-ethyl adjacent to an activating group) is 1. The maximum Gasteiger partial charge on any atom is 0.255 e. The van der Waals surface area contributed by atoms with Crippen molar-refractivity contribution >= 4 is 5.91 Å². The normalized spacial score (nSPS) is 14.8. The summed E-state index contributed by atoms with van der Waals surface area (Å²) in [6.07, 6.45) is 4.60. The number of aryl methyl sites for hydroxylation is 1. The Morgan fingerprint density at radius 2 is 2.29 bits per heavy atom. The number of fused-ring (bicyclic) bond motifs is 1.